The van der Waals surface area contributed by atoms with E-state index in [-0.39, 0.29) is 20.9 Å². The van der Waals surface area contributed by atoms with Crippen LogP contribution in [0.4, 0.5) is 5.69 Å². The molecule has 0 amide bonds. The quantitative estimate of drug-likeness (QED) is 0.356. The summed E-state index contributed by atoms with van der Waals surface area (Å²) in [7, 11) is 0. The van der Waals surface area contributed by atoms with Crippen LogP contribution in [0.2, 0.25) is 10.0 Å². The van der Waals surface area contributed by atoms with E-state index in [1.807, 2.05) is 30.3 Å². The zero-order valence-electron chi connectivity index (χ0n) is 12.2. The van der Waals surface area contributed by atoms with Crippen LogP contribution in [0.5, 0.6) is 0 Å². The summed E-state index contributed by atoms with van der Waals surface area (Å²) in [6.45, 7) is 0. The van der Waals surface area contributed by atoms with Crippen molar-refractivity contribution in [1.82, 2.24) is 0 Å². The average Bonchev–Trinajstić information content (AvgIpc) is 2.56. The van der Waals surface area contributed by atoms with Gasteiger partial charge in [-0.15, -0.1) is 5.10 Å². The Morgan fingerprint density at radius 2 is 1.88 bits per heavy atom. The van der Waals surface area contributed by atoms with Crippen LogP contribution in [0.1, 0.15) is 11.1 Å². The summed E-state index contributed by atoms with van der Waals surface area (Å²) in [4.78, 5) is 10.1. The molecule has 0 atom stereocenters. The number of nitrogens with two attached hydrogens (primary N) is 1. The van der Waals surface area contributed by atoms with Crippen LogP contribution >= 0.6 is 35.0 Å². The second-order valence-electron chi connectivity index (χ2n) is 4.54. The molecule has 2 N–H and O–H groups in total. The van der Waals surface area contributed by atoms with E-state index >= 15 is 0 Å². The van der Waals surface area contributed by atoms with Crippen LogP contribution in [0.25, 0.3) is 0 Å². The monoisotopic (exact) mass is 382 g/mol. The number of hydrogen-bond donors (Lipinski definition) is 1. The Morgan fingerprint density at radius 3 is 2.46 bits per heavy atom. The molecule has 2 rings (SSSR count). The highest BCUT2D eigenvalue weighted by Crippen LogP contribution is 2.28. The van der Waals surface area contributed by atoms with Gasteiger partial charge in [0.1, 0.15) is 0 Å². The third kappa shape index (κ3) is 5.23. The number of halogens is 2. The van der Waals surface area contributed by atoms with Gasteiger partial charge in [-0.3, -0.25) is 10.1 Å². The number of rotatable bonds is 5. The fraction of sp³-hybridized carbons (Fsp3) is 0.0667. The number of nitrogens with zero attached hydrogens (tertiary/aromatic N) is 3. The van der Waals surface area contributed by atoms with E-state index in [0.29, 0.717) is 11.3 Å². The van der Waals surface area contributed by atoms with E-state index in [2.05, 4.69) is 10.2 Å². The Morgan fingerprint density at radius 1 is 1.25 bits per heavy atom. The summed E-state index contributed by atoms with van der Waals surface area (Å²) in [5.41, 5.74) is 7.04. The Balaban J connectivity index is 2.03. The topological polar surface area (TPSA) is 93.9 Å². The second kappa shape index (κ2) is 8.68. The number of amidine groups is 1. The molecule has 24 heavy (non-hydrogen) atoms. The van der Waals surface area contributed by atoms with E-state index < -0.39 is 4.92 Å². The van der Waals surface area contributed by atoms with Gasteiger partial charge in [0, 0.05) is 23.4 Å². The highest BCUT2D eigenvalue weighted by Gasteiger charge is 2.13. The molecule has 2 aromatic rings. The summed E-state index contributed by atoms with van der Waals surface area (Å²) >= 11 is 13.3. The second-order valence-corrected chi connectivity index (χ2v) is 6.35. The first-order chi connectivity index (χ1) is 11.5. The number of nitro groups is 1. The molecule has 0 spiro atoms. The van der Waals surface area contributed by atoms with E-state index in [0.717, 1.165) is 5.56 Å². The van der Waals surface area contributed by atoms with Crippen LogP contribution in [-0.2, 0) is 5.75 Å². The molecule has 6 nitrogen and oxygen atoms in total. The highest BCUT2D eigenvalue weighted by atomic mass is 35.5. The molecule has 0 saturated carbocycles. The number of benzene rings is 2. The van der Waals surface area contributed by atoms with Gasteiger partial charge in [-0.05, 0) is 5.56 Å². The molecule has 9 heteroatoms. The van der Waals surface area contributed by atoms with Crippen molar-refractivity contribution in [2.75, 3.05) is 0 Å². The van der Waals surface area contributed by atoms with Gasteiger partial charge in [0.15, 0.2) is 5.17 Å². The molecule has 0 aliphatic heterocycles. The number of nitro benzene ring substituents is 1. The normalized spacial score (nSPS) is 11.8. The molecular weight excluding hydrogens is 371 g/mol. The number of hydrogen-bond acceptors (Lipinski definition) is 5. The summed E-state index contributed by atoms with van der Waals surface area (Å²) < 4.78 is 0. The predicted molar refractivity (Wildman–Crippen MR) is 100 cm³/mol. The Bertz CT molecular complexity index is 774. The Kier molecular flexibility index (Phi) is 6.60. The molecular formula is C15H12Cl2N4O2S. The number of thioether (sulfide) groups is 1. The van der Waals surface area contributed by atoms with Crippen molar-refractivity contribution >= 4 is 52.0 Å². The lowest BCUT2D eigenvalue weighted by Crippen LogP contribution is -2.06. The molecule has 0 aliphatic rings. The largest absolute Gasteiger partial charge is 0.377 e. The zero-order chi connectivity index (χ0) is 17.5. The lowest BCUT2D eigenvalue weighted by Gasteiger charge is -2.01. The summed E-state index contributed by atoms with van der Waals surface area (Å²) in [5, 5.41) is 18.9. The van der Waals surface area contributed by atoms with Crippen LogP contribution in [0.3, 0.4) is 0 Å². The van der Waals surface area contributed by atoms with Crippen molar-refractivity contribution < 1.29 is 4.92 Å². The summed E-state index contributed by atoms with van der Waals surface area (Å²) in [5.74, 6) is 0.671. The van der Waals surface area contributed by atoms with Crippen LogP contribution < -0.4 is 5.73 Å². The molecule has 0 aromatic heterocycles. The van der Waals surface area contributed by atoms with Gasteiger partial charge < -0.3 is 5.73 Å². The summed E-state index contributed by atoms with van der Waals surface area (Å²) in [6, 6.07) is 12.2. The van der Waals surface area contributed by atoms with E-state index in [1.54, 1.807) is 0 Å². The minimum absolute atomic E-state index is 0.115. The lowest BCUT2D eigenvalue weighted by molar-refractivity contribution is -0.384. The SMILES string of the molecule is NC(=NN=Cc1c(Cl)cc([N+](=O)[O-])cc1Cl)SCc1ccccc1. The van der Waals surface area contributed by atoms with Gasteiger partial charge in [-0.25, -0.2) is 0 Å². The van der Waals surface area contributed by atoms with Gasteiger partial charge in [-0.1, -0.05) is 65.3 Å². The van der Waals surface area contributed by atoms with Gasteiger partial charge in [0.05, 0.1) is 21.2 Å². The van der Waals surface area contributed by atoms with Crippen LogP contribution in [-0.4, -0.2) is 16.3 Å². The predicted octanol–water partition coefficient (Wildman–Crippen LogP) is 4.48. The maximum Gasteiger partial charge on any atom is 0.272 e. The molecule has 0 saturated heterocycles. The van der Waals surface area contributed by atoms with Crippen molar-refractivity contribution in [3.8, 4) is 0 Å². The first-order valence-corrected chi connectivity index (χ1v) is 8.38. The van der Waals surface area contributed by atoms with Crippen molar-refractivity contribution in [3.05, 3.63) is 73.8 Å². The molecule has 0 bridgehead atoms. The molecule has 2 aromatic carbocycles. The number of non-ortho nitro benzene ring substituents is 1. The fourth-order valence-electron chi connectivity index (χ4n) is 1.70. The van der Waals surface area contributed by atoms with Crippen LogP contribution in [0, 0.1) is 10.1 Å². The minimum Gasteiger partial charge on any atom is -0.377 e. The first kappa shape index (κ1) is 18.3. The van der Waals surface area contributed by atoms with E-state index in [1.165, 1.54) is 30.1 Å². The Hall–Kier alpha value is -2.09. The zero-order valence-corrected chi connectivity index (χ0v) is 14.6. The maximum atomic E-state index is 10.7. The summed E-state index contributed by atoms with van der Waals surface area (Å²) in [6.07, 6.45) is 1.31. The fourth-order valence-corrected chi connectivity index (χ4v) is 2.89. The van der Waals surface area contributed by atoms with Gasteiger partial charge in [-0.2, -0.15) is 5.10 Å². The highest BCUT2D eigenvalue weighted by molar-refractivity contribution is 8.13. The lowest BCUT2D eigenvalue weighted by atomic mass is 10.2. The molecule has 124 valence electrons. The van der Waals surface area contributed by atoms with Crippen molar-refractivity contribution in [3.63, 3.8) is 0 Å². The minimum atomic E-state index is -0.574. The van der Waals surface area contributed by atoms with E-state index in [9.17, 15) is 10.1 Å². The third-order valence-electron chi connectivity index (χ3n) is 2.85. The maximum absolute atomic E-state index is 10.7. The molecule has 0 aliphatic carbocycles. The molecule has 0 radical (unpaired) electrons. The van der Waals surface area contributed by atoms with Crippen molar-refractivity contribution in [2.24, 2.45) is 15.9 Å². The first-order valence-electron chi connectivity index (χ1n) is 6.64. The van der Waals surface area contributed by atoms with Crippen molar-refractivity contribution in [1.29, 1.82) is 0 Å². The van der Waals surface area contributed by atoms with Crippen molar-refractivity contribution in [2.45, 2.75) is 5.75 Å². The molecule has 0 fully saturated rings. The molecule has 0 heterocycles. The molecule has 0 unspecified atom stereocenters. The van der Waals surface area contributed by atoms with Crippen LogP contribution in [0.15, 0.2) is 52.7 Å². The van der Waals surface area contributed by atoms with Gasteiger partial charge >= 0.3 is 0 Å². The smallest absolute Gasteiger partial charge is 0.272 e. The third-order valence-corrected chi connectivity index (χ3v) is 4.33. The standard InChI is InChI=1S/C15H12Cl2N4O2S/c16-13-6-11(21(22)23)7-14(17)12(13)8-19-20-15(18)24-9-10-4-2-1-3-5-10/h1-8H,9H2,(H2,18,20). The Labute approximate surface area is 152 Å². The van der Waals surface area contributed by atoms with E-state index in [4.69, 9.17) is 28.9 Å². The average molecular weight is 383 g/mol. The van der Waals surface area contributed by atoms with Gasteiger partial charge in [0.25, 0.3) is 5.69 Å². The van der Waals surface area contributed by atoms with Gasteiger partial charge in [0.2, 0.25) is 0 Å².